The molecule has 0 aliphatic carbocycles. The third-order valence-electron chi connectivity index (χ3n) is 5.12. The number of carbonyl (C=O) groups is 2. The quantitative estimate of drug-likeness (QED) is 0.705. The molecular weight excluding hydrogens is 344 g/mol. The molecule has 1 aromatic carbocycles. The molecule has 0 spiro atoms. The number of carbonyl (C=O) groups excluding carboxylic acids is 2. The number of fused-ring (bicyclic) bond motifs is 1. The Labute approximate surface area is 157 Å². The monoisotopic (exact) mass is 368 g/mol. The average Bonchev–Trinajstić information content (AvgIpc) is 3.34. The number of aromatic amines is 1. The normalized spacial score (nSPS) is 16.5. The second-order valence-corrected chi connectivity index (χ2v) is 7.22. The van der Waals surface area contributed by atoms with Gasteiger partial charge in [0, 0.05) is 37.4 Å². The summed E-state index contributed by atoms with van der Waals surface area (Å²) >= 11 is 0. The lowest BCUT2D eigenvalue weighted by Gasteiger charge is -2.17. The fraction of sp³-hybridized carbons (Fsp3) is 0.421. The van der Waals surface area contributed by atoms with Gasteiger partial charge in [-0.3, -0.25) is 19.6 Å². The predicted octanol–water partition coefficient (Wildman–Crippen LogP) is 0.992. The highest BCUT2D eigenvalue weighted by atomic mass is 16.2. The van der Waals surface area contributed by atoms with Crippen molar-refractivity contribution in [3.63, 3.8) is 0 Å². The van der Waals surface area contributed by atoms with Gasteiger partial charge in [0.25, 0.3) is 0 Å². The van der Waals surface area contributed by atoms with Crippen LogP contribution in [-0.2, 0) is 29.1 Å². The van der Waals surface area contributed by atoms with Crippen molar-refractivity contribution in [2.75, 3.05) is 29.9 Å². The highest BCUT2D eigenvalue weighted by molar-refractivity contribution is 5.92. The largest absolute Gasteiger partial charge is 0.372 e. The van der Waals surface area contributed by atoms with Crippen LogP contribution < -0.4 is 16.0 Å². The molecule has 1 saturated heterocycles. The summed E-state index contributed by atoms with van der Waals surface area (Å²) in [6.07, 6.45) is 2.80. The van der Waals surface area contributed by atoms with Crippen molar-refractivity contribution in [1.82, 2.24) is 15.1 Å². The molecule has 1 fully saturated rings. The summed E-state index contributed by atoms with van der Waals surface area (Å²) in [6, 6.07) is 8.20. The maximum Gasteiger partial charge on any atom is 0.231 e. The van der Waals surface area contributed by atoms with Gasteiger partial charge in [-0.2, -0.15) is 5.10 Å². The van der Waals surface area contributed by atoms with Crippen LogP contribution in [0.15, 0.2) is 24.3 Å². The number of aromatic nitrogens is 2. The molecule has 0 saturated carbocycles. The first-order valence-corrected chi connectivity index (χ1v) is 9.29. The van der Waals surface area contributed by atoms with Gasteiger partial charge in [0.1, 0.15) is 5.82 Å². The molecule has 4 N–H and O–H groups in total. The number of primary amides is 1. The van der Waals surface area contributed by atoms with Gasteiger partial charge in [0.05, 0.1) is 18.7 Å². The summed E-state index contributed by atoms with van der Waals surface area (Å²) in [7, 11) is 0. The summed E-state index contributed by atoms with van der Waals surface area (Å²) < 4.78 is 0. The second-order valence-electron chi connectivity index (χ2n) is 7.22. The Hall–Kier alpha value is -2.87. The number of H-pyrrole nitrogens is 1. The second kappa shape index (κ2) is 7.40. The maximum absolute atomic E-state index is 12.4. The van der Waals surface area contributed by atoms with E-state index in [9.17, 15) is 9.59 Å². The summed E-state index contributed by atoms with van der Waals surface area (Å²) in [5.74, 6) is 0.145. The third-order valence-corrected chi connectivity index (χ3v) is 5.12. The van der Waals surface area contributed by atoms with Gasteiger partial charge in [-0.1, -0.05) is 12.1 Å². The van der Waals surface area contributed by atoms with Crippen LogP contribution in [0.2, 0.25) is 0 Å². The number of benzene rings is 1. The van der Waals surface area contributed by atoms with E-state index in [4.69, 9.17) is 5.73 Å². The first kappa shape index (κ1) is 17.5. The van der Waals surface area contributed by atoms with Gasteiger partial charge >= 0.3 is 0 Å². The van der Waals surface area contributed by atoms with Crippen molar-refractivity contribution < 1.29 is 9.59 Å². The topological polar surface area (TPSA) is 107 Å². The molecule has 2 aromatic rings. The van der Waals surface area contributed by atoms with E-state index in [0.29, 0.717) is 25.3 Å². The van der Waals surface area contributed by atoms with Gasteiger partial charge in [0.2, 0.25) is 11.8 Å². The standard InChI is InChI=1S/C19H24N6O2/c20-17(26)12-24-10-15-16(11-24)22-23-19(15)21-18(27)9-13-3-5-14(6-4-13)25-7-1-2-8-25/h3-6H,1-2,7-12H2,(H2,20,26)(H2,21,22,23,27). The van der Waals surface area contributed by atoms with Crippen molar-refractivity contribution in [3.05, 3.63) is 41.1 Å². The molecule has 0 atom stereocenters. The lowest BCUT2D eigenvalue weighted by Crippen LogP contribution is -2.30. The van der Waals surface area contributed by atoms with Crippen molar-refractivity contribution >= 4 is 23.3 Å². The zero-order valence-electron chi connectivity index (χ0n) is 15.2. The molecule has 3 heterocycles. The van der Waals surface area contributed by atoms with E-state index < -0.39 is 0 Å². The molecule has 2 aliphatic rings. The molecule has 142 valence electrons. The Morgan fingerprint density at radius 1 is 1.15 bits per heavy atom. The number of nitrogens with two attached hydrogens (primary N) is 1. The number of nitrogens with zero attached hydrogens (tertiary/aromatic N) is 3. The molecule has 0 unspecified atom stereocenters. The number of anilines is 2. The fourth-order valence-corrected chi connectivity index (χ4v) is 3.80. The predicted molar refractivity (Wildman–Crippen MR) is 102 cm³/mol. The van der Waals surface area contributed by atoms with Crippen LogP contribution in [0.3, 0.4) is 0 Å². The Balaban J connectivity index is 1.35. The van der Waals surface area contributed by atoms with E-state index in [0.717, 1.165) is 29.9 Å². The number of amides is 2. The van der Waals surface area contributed by atoms with E-state index in [1.165, 1.54) is 18.5 Å². The van der Waals surface area contributed by atoms with Crippen molar-refractivity contribution in [1.29, 1.82) is 0 Å². The summed E-state index contributed by atoms with van der Waals surface area (Å²) in [4.78, 5) is 27.8. The SMILES string of the molecule is NC(=O)CN1Cc2n[nH]c(NC(=O)Cc3ccc(N4CCCC4)cc3)c2C1. The Kier molecular flexibility index (Phi) is 4.81. The molecule has 0 bridgehead atoms. The van der Waals surface area contributed by atoms with Crippen LogP contribution in [0.1, 0.15) is 29.7 Å². The van der Waals surface area contributed by atoms with Crippen LogP contribution in [0.25, 0.3) is 0 Å². The average molecular weight is 368 g/mol. The van der Waals surface area contributed by atoms with Crippen LogP contribution in [0.4, 0.5) is 11.5 Å². The van der Waals surface area contributed by atoms with Gasteiger partial charge in [-0.15, -0.1) is 0 Å². The Morgan fingerprint density at radius 2 is 1.89 bits per heavy atom. The molecule has 2 amide bonds. The first-order valence-electron chi connectivity index (χ1n) is 9.29. The van der Waals surface area contributed by atoms with Crippen molar-refractivity contribution in [2.45, 2.75) is 32.4 Å². The molecule has 2 aliphatic heterocycles. The third kappa shape index (κ3) is 3.95. The highest BCUT2D eigenvalue weighted by Gasteiger charge is 2.26. The summed E-state index contributed by atoms with van der Waals surface area (Å²) in [5, 5.41) is 10.0. The van der Waals surface area contributed by atoms with E-state index in [-0.39, 0.29) is 18.4 Å². The summed E-state index contributed by atoms with van der Waals surface area (Å²) in [6.45, 7) is 3.51. The Morgan fingerprint density at radius 3 is 2.59 bits per heavy atom. The fourth-order valence-electron chi connectivity index (χ4n) is 3.80. The minimum absolute atomic E-state index is 0.0938. The van der Waals surface area contributed by atoms with Gasteiger partial charge in [-0.05, 0) is 30.5 Å². The number of nitrogens with one attached hydrogen (secondary N) is 2. The Bertz CT molecular complexity index is 838. The number of hydrogen-bond donors (Lipinski definition) is 3. The molecule has 0 radical (unpaired) electrons. The van der Waals surface area contributed by atoms with Crippen LogP contribution in [0, 0.1) is 0 Å². The molecule has 8 nitrogen and oxygen atoms in total. The lowest BCUT2D eigenvalue weighted by atomic mass is 10.1. The molecule has 8 heteroatoms. The highest BCUT2D eigenvalue weighted by Crippen LogP contribution is 2.27. The summed E-state index contributed by atoms with van der Waals surface area (Å²) in [5.41, 5.74) is 9.22. The zero-order valence-corrected chi connectivity index (χ0v) is 15.2. The van der Waals surface area contributed by atoms with E-state index in [2.05, 4.69) is 32.5 Å². The minimum atomic E-state index is -0.368. The van der Waals surface area contributed by atoms with E-state index in [1.807, 2.05) is 17.0 Å². The molecular formula is C19H24N6O2. The van der Waals surface area contributed by atoms with Gasteiger partial charge in [-0.25, -0.2) is 0 Å². The maximum atomic E-state index is 12.4. The first-order chi connectivity index (χ1) is 13.1. The molecule has 4 rings (SSSR count). The smallest absolute Gasteiger partial charge is 0.231 e. The van der Waals surface area contributed by atoms with Crippen LogP contribution in [-0.4, -0.2) is 46.5 Å². The van der Waals surface area contributed by atoms with E-state index >= 15 is 0 Å². The van der Waals surface area contributed by atoms with E-state index in [1.54, 1.807) is 0 Å². The van der Waals surface area contributed by atoms with Gasteiger partial charge in [0.15, 0.2) is 0 Å². The minimum Gasteiger partial charge on any atom is -0.372 e. The van der Waals surface area contributed by atoms with Crippen molar-refractivity contribution in [2.24, 2.45) is 5.73 Å². The number of hydrogen-bond acceptors (Lipinski definition) is 5. The van der Waals surface area contributed by atoms with Crippen LogP contribution in [0.5, 0.6) is 0 Å². The number of rotatable bonds is 6. The van der Waals surface area contributed by atoms with Gasteiger partial charge < -0.3 is 16.0 Å². The zero-order chi connectivity index (χ0) is 18.8. The molecule has 27 heavy (non-hydrogen) atoms. The van der Waals surface area contributed by atoms with Crippen molar-refractivity contribution in [3.8, 4) is 0 Å². The lowest BCUT2D eigenvalue weighted by molar-refractivity contribution is -0.119. The van der Waals surface area contributed by atoms with Crippen LogP contribution >= 0.6 is 0 Å². The molecule has 1 aromatic heterocycles.